The number of rotatable bonds is 8. The van der Waals surface area contributed by atoms with Gasteiger partial charge in [-0.2, -0.15) is 5.10 Å². The SMILES string of the molecule is C[C@@H](C(=O)NCCOc1ccc(-c2ccccn2)nn1)n1nc(-c2cccs2)ccc1=O. The molecule has 10 heteroatoms. The van der Waals surface area contributed by atoms with E-state index >= 15 is 0 Å². The molecule has 0 aliphatic heterocycles. The molecule has 0 fully saturated rings. The highest BCUT2D eigenvalue weighted by Gasteiger charge is 2.18. The molecule has 0 aliphatic carbocycles. The molecule has 4 aromatic rings. The van der Waals surface area contributed by atoms with Gasteiger partial charge in [-0.15, -0.1) is 21.5 Å². The first-order valence-corrected chi connectivity index (χ1v) is 10.8. The fraction of sp³-hybridized carbons (Fsp3) is 0.182. The molecule has 32 heavy (non-hydrogen) atoms. The number of thiophene rings is 1. The van der Waals surface area contributed by atoms with E-state index < -0.39 is 6.04 Å². The van der Waals surface area contributed by atoms with Crippen LogP contribution in [0.5, 0.6) is 5.88 Å². The zero-order chi connectivity index (χ0) is 22.3. The van der Waals surface area contributed by atoms with Crippen molar-refractivity contribution in [1.29, 1.82) is 0 Å². The molecule has 0 spiro atoms. The maximum Gasteiger partial charge on any atom is 0.267 e. The molecule has 4 rings (SSSR count). The van der Waals surface area contributed by atoms with E-state index in [4.69, 9.17) is 4.74 Å². The van der Waals surface area contributed by atoms with Gasteiger partial charge in [-0.1, -0.05) is 12.1 Å². The molecule has 1 atom stereocenters. The monoisotopic (exact) mass is 448 g/mol. The van der Waals surface area contributed by atoms with Gasteiger partial charge in [0.25, 0.3) is 5.56 Å². The minimum absolute atomic E-state index is 0.202. The first-order chi connectivity index (χ1) is 15.6. The number of aromatic nitrogens is 5. The second-order valence-corrected chi connectivity index (χ2v) is 7.71. The number of ether oxygens (including phenoxy) is 1. The number of pyridine rings is 1. The average molecular weight is 449 g/mol. The first-order valence-electron chi connectivity index (χ1n) is 9.91. The van der Waals surface area contributed by atoms with Gasteiger partial charge in [-0.25, -0.2) is 4.68 Å². The van der Waals surface area contributed by atoms with Crippen LogP contribution in [0, 0.1) is 0 Å². The normalized spacial score (nSPS) is 11.7. The third-order valence-corrected chi connectivity index (χ3v) is 5.46. The van der Waals surface area contributed by atoms with Crippen LogP contribution in [-0.4, -0.2) is 44.0 Å². The van der Waals surface area contributed by atoms with Crippen LogP contribution in [0.1, 0.15) is 13.0 Å². The average Bonchev–Trinajstić information content (AvgIpc) is 3.37. The molecule has 4 heterocycles. The quantitative estimate of drug-likeness (QED) is 0.412. The van der Waals surface area contributed by atoms with Crippen molar-refractivity contribution < 1.29 is 9.53 Å². The lowest BCUT2D eigenvalue weighted by Crippen LogP contribution is -2.38. The summed E-state index contributed by atoms with van der Waals surface area (Å²) in [6, 6.07) is 15.1. The van der Waals surface area contributed by atoms with Crippen LogP contribution in [0.15, 0.2) is 71.0 Å². The molecular formula is C22H20N6O3S. The number of nitrogens with zero attached hydrogens (tertiary/aromatic N) is 5. The van der Waals surface area contributed by atoms with Crippen LogP contribution >= 0.6 is 11.3 Å². The largest absolute Gasteiger partial charge is 0.475 e. The van der Waals surface area contributed by atoms with E-state index in [9.17, 15) is 9.59 Å². The van der Waals surface area contributed by atoms with Gasteiger partial charge in [0.15, 0.2) is 0 Å². The molecule has 0 saturated heterocycles. The Morgan fingerprint density at radius 3 is 2.66 bits per heavy atom. The predicted molar refractivity (Wildman–Crippen MR) is 120 cm³/mol. The maximum absolute atomic E-state index is 12.5. The van der Waals surface area contributed by atoms with E-state index in [1.807, 2.05) is 35.7 Å². The van der Waals surface area contributed by atoms with E-state index in [1.165, 1.54) is 22.1 Å². The van der Waals surface area contributed by atoms with E-state index in [1.54, 1.807) is 31.3 Å². The molecule has 0 radical (unpaired) electrons. The summed E-state index contributed by atoms with van der Waals surface area (Å²) < 4.78 is 6.72. The van der Waals surface area contributed by atoms with E-state index in [0.29, 0.717) is 17.3 Å². The number of amides is 1. The minimum atomic E-state index is -0.764. The van der Waals surface area contributed by atoms with Crippen LogP contribution in [0.2, 0.25) is 0 Å². The molecule has 1 N–H and O–H groups in total. The van der Waals surface area contributed by atoms with Crippen LogP contribution in [0.4, 0.5) is 0 Å². The second kappa shape index (κ2) is 9.92. The number of hydrogen-bond donors (Lipinski definition) is 1. The summed E-state index contributed by atoms with van der Waals surface area (Å²) in [5, 5.41) is 17.1. The van der Waals surface area contributed by atoms with E-state index in [2.05, 4.69) is 25.6 Å². The summed E-state index contributed by atoms with van der Waals surface area (Å²) >= 11 is 1.52. The zero-order valence-corrected chi connectivity index (χ0v) is 18.0. The fourth-order valence-corrected chi connectivity index (χ4v) is 3.59. The van der Waals surface area contributed by atoms with Gasteiger partial charge in [-0.3, -0.25) is 14.6 Å². The zero-order valence-electron chi connectivity index (χ0n) is 17.2. The Hall–Kier alpha value is -3.92. The second-order valence-electron chi connectivity index (χ2n) is 6.77. The first kappa shape index (κ1) is 21.3. The van der Waals surface area contributed by atoms with Crippen LogP contribution in [0.25, 0.3) is 22.0 Å². The van der Waals surface area contributed by atoms with Crippen molar-refractivity contribution in [2.45, 2.75) is 13.0 Å². The van der Waals surface area contributed by atoms with Gasteiger partial charge < -0.3 is 10.1 Å². The van der Waals surface area contributed by atoms with Crippen molar-refractivity contribution >= 4 is 17.2 Å². The molecule has 0 bridgehead atoms. The Morgan fingerprint density at radius 2 is 1.94 bits per heavy atom. The van der Waals surface area contributed by atoms with Crippen molar-refractivity contribution in [1.82, 2.24) is 30.3 Å². The van der Waals surface area contributed by atoms with Gasteiger partial charge in [-0.05, 0) is 42.6 Å². The van der Waals surface area contributed by atoms with Crippen LogP contribution in [0.3, 0.4) is 0 Å². The van der Waals surface area contributed by atoms with Crippen molar-refractivity contribution in [3.05, 3.63) is 76.5 Å². The molecule has 0 unspecified atom stereocenters. The van der Waals surface area contributed by atoms with E-state index in [-0.39, 0.29) is 24.6 Å². The highest BCUT2D eigenvalue weighted by atomic mass is 32.1. The molecular weight excluding hydrogens is 428 g/mol. The third kappa shape index (κ3) is 5.03. The molecule has 0 aromatic carbocycles. The lowest BCUT2D eigenvalue weighted by Gasteiger charge is -2.14. The predicted octanol–water partition coefficient (Wildman–Crippen LogP) is 2.58. The van der Waals surface area contributed by atoms with Gasteiger partial charge in [0, 0.05) is 18.3 Å². The number of nitrogens with one attached hydrogen (secondary N) is 1. The van der Waals surface area contributed by atoms with E-state index in [0.717, 1.165) is 10.6 Å². The van der Waals surface area contributed by atoms with Crippen molar-refractivity contribution in [3.63, 3.8) is 0 Å². The van der Waals surface area contributed by atoms with Crippen molar-refractivity contribution in [3.8, 4) is 27.8 Å². The summed E-state index contributed by atoms with van der Waals surface area (Å²) in [5.74, 6) is 0.0108. The Balaban J connectivity index is 1.30. The van der Waals surface area contributed by atoms with Crippen molar-refractivity contribution in [2.75, 3.05) is 13.2 Å². The number of carbonyl (C=O) groups is 1. The highest BCUT2D eigenvalue weighted by molar-refractivity contribution is 7.13. The topological polar surface area (TPSA) is 112 Å². The van der Waals surface area contributed by atoms with Gasteiger partial charge in [0.2, 0.25) is 11.8 Å². The summed E-state index contributed by atoms with van der Waals surface area (Å²) in [6.07, 6.45) is 1.69. The molecule has 162 valence electrons. The van der Waals surface area contributed by atoms with Crippen LogP contribution in [-0.2, 0) is 4.79 Å². The summed E-state index contributed by atoms with van der Waals surface area (Å²) in [7, 11) is 0. The lowest BCUT2D eigenvalue weighted by atomic mass is 10.2. The minimum Gasteiger partial charge on any atom is -0.475 e. The summed E-state index contributed by atoms with van der Waals surface area (Å²) in [6.45, 7) is 2.07. The Labute approximate surface area is 187 Å². The molecule has 1 amide bonds. The Kier molecular flexibility index (Phi) is 6.61. The number of carbonyl (C=O) groups excluding carboxylic acids is 1. The Bertz CT molecular complexity index is 1230. The third-order valence-electron chi connectivity index (χ3n) is 4.56. The molecule has 0 aliphatic rings. The maximum atomic E-state index is 12.5. The smallest absolute Gasteiger partial charge is 0.267 e. The fourth-order valence-electron chi connectivity index (χ4n) is 2.89. The van der Waals surface area contributed by atoms with Gasteiger partial charge >= 0.3 is 0 Å². The summed E-state index contributed by atoms with van der Waals surface area (Å²) in [4.78, 5) is 29.9. The number of hydrogen-bond acceptors (Lipinski definition) is 8. The standard InChI is InChI=1S/C22H20N6O3S/c1-15(28-21(29)10-8-18(27-28)19-6-4-14-32-19)22(30)24-12-13-31-20-9-7-17(25-26-20)16-5-2-3-11-23-16/h2-11,14-15H,12-13H2,1H3,(H,24,30)/t15-/m0/s1. The molecule has 4 aromatic heterocycles. The molecule has 9 nitrogen and oxygen atoms in total. The van der Waals surface area contributed by atoms with Crippen molar-refractivity contribution in [2.24, 2.45) is 0 Å². The highest BCUT2D eigenvalue weighted by Crippen LogP contribution is 2.21. The van der Waals surface area contributed by atoms with Gasteiger partial charge in [0.1, 0.15) is 24.0 Å². The Morgan fingerprint density at radius 1 is 1.06 bits per heavy atom. The van der Waals surface area contributed by atoms with Gasteiger partial charge in [0.05, 0.1) is 17.1 Å². The molecule has 0 saturated carbocycles. The van der Waals surface area contributed by atoms with Crippen LogP contribution < -0.4 is 15.6 Å². The summed E-state index contributed by atoms with van der Waals surface area (Å²) in [5.41, 5.74) is 1.67. The lowest BCUT2D eigenvalue weighted by molar-refractivity contribution is -0.124.